The van der Waals surface area contributed by atoms with Gasteiger partial charge in [-0.25, -0.2) is 0 Å². The Kier molecular flexibility index (Phi) is 5.41. The highest BCUT2D eigenvalue weighted by Gasteiger charge is 2.16. The van der Waals surface area contributed by atoms with Crippen molar-refractivity contribution < 1.29 is 0 Å². The number of halogens is 2. The summed E-state index contributed by atoms with van der Waals surface area (Å²) in [6.07, 6.45) is 1.91. The van der Waals surface area contributed by atoms with E-state index < -0.39 is 0 Å². The molecule has 1 heterocycles. The van der Waals surface area contributed by atoms with Crippen LogP contribution in [0.5, 0.6) is 0 Å². The second-order valence-electron chi connectivity index (χ2n) is 5.11. The zero-order valence-corrected chi connectivity index (χ0v) is 14.9. The van der Waals surface area contributed by atoms with Crippen molar-refractivity contribution in [2.75, 3.05) is 6.54 Å². The summed E-state index contributed by atoms with van der Waals surface area (Å²) in [5.74, 6) is 0.412. The highest BCUT2D eigenvalue weighted by atomic mass is 79.9. The van der Waals surface area contributed by atoms with Crippen molar-refractivity contribution in [2.24, 2.45) is 18.7 Å². The second kappa shape index (κ2) is 6.87. The largest absolute Gasteiger partial charge is 0.330 e. The highest BCUT2D eigenvalue weighted by molar-refractivity contribution is 9.10. The number of nitrogens with two attached hydrogens (primary N) is 1. The Hall–Kier alpha value is -0.650. The predicted molar refractivity (Wildman–Crippen MR) is 89.7 cm³/mol. The van der Waals surface area contributed by atoms with Gasteiger partial charge < -0.3 is 5.73 Å². The molecular formula is C15H19Br2N3. The lowest BCUT2D eigenvalue weighted by molar-refractivity contribution is 0.509. The molecule has 1 atom stereocenters. The third-order valence-electron chi connectivity index (χ3n) is 3.49. The van der Waals surface area contributed by atoms with Crippen molar-refractivity contribution >= 4 is 31.9 Å². The monoisotopic (exact) mass is 399 g/mol. The van der Waals surface area contributed by atoms with E-state index >= 15 is 0 Å². The molecule has 0 aliphatic carbocycles. The summed E-state index contributed by atoms with van der Waals surface area (Å²) in [4.78, 5) is 0. The van der Waals surface area contributed by atoms with Crippen LogP contribution in [0.25, 0.3) is 0 Å². The Balaban J connectivity index is 2.13. The van der Waals surface area contributed by atoms with Crippen LogP contribution in [0, 0.1) is 12.8 Å². The minimum atomic E-state index is 0.412. The SMILES string of the molecule is Cc1nn(C)c(CC(CN)Cc2cccc(Br)c2)c1Br. The van der Waals surface area contributed by atoms with E-state index in [1.165, 1.54) is 11.3 Å². The van der Waals surface area contributed by atoms with Crippen LogP contribution in [0.1, 0.15) is 17.0 Å². The molecule has 3 nitrogen and oxygen atoms in total. The van der Waals surface area contributed by atoms with Crippen LogP contribution in [-0.4, -0.2) is 16.3 Å². The van der Waals surface area contributed by atoms with Gasteiger partial charge in [0.25, 0.3) is 0 Å². The molecule has 2 N–H and O–H groups in total. The fourth-order valence-corrected chi connectivity index (χ4v) is 3.36. The second-order valence-corrected chi connectivity index (χ2v) is 6.82. The molecule has 108 valence electrons. The summed E-state index contributed by atoms with van der Waals surface area (Å²) >= 11 is 7.14. The number of aryl methyl sites for hydroxylation is 2. The zero-order valence-electron chi connectivity index (χ0n) is 11.7. The van der Waals surface area contributed by atoms with Gasteiger partial charge in [-0.15, -0.1) is 0 Å². The normalized spacial score (nSPS) is 12.7. The number of hydrogen-bond acceptors (Lipinski definition) is 2. The van der Waals surface area contributed by atoms with E-state index in [9.17, 15) is 0 Å². The quantitative estimate of drug-likeness (QED) is 0.832. The van der Waals surface area contributed by atoms with Crippen LogP contribution in [0.4, 0.5) is 0 Å². The van der Waals surface area contributed by atoms with Gasteiger partial charge in [-0.05, 0) is 65.9 Å². The van der Waals surface area contributed by atoms with E-state index in [4.69, 9.17) is 5.73 Å². The summed E-state index contributed by atoms with van der Waals surface area (Å²) in [7, 11) is 1.99. The van der Waals surface area contributed by atoms with E-state index in [1.807, 2.05) is 24.7 Å². The Labute approximate surface area is 136 Å². The van der Waals surface area contributed by atoms with E-state index in [-0.39, 0.29) is 0 Å². The third kappa shape index (κ3) is 3.71. The van der Waals surface area contributed by atoms with Gasteiger partial charge in [0.2, 0.25) is 0 Å². The first-order valence-electron chi connectivity index (χ1n) is 6.63. The molecule has 20 heavy (non-hydrogen) atoms. The molecule has 1 unspecified atom stereocenters. The minimum Gasteiger partial charge on any atom is -0.330 e. The fraction of sp³-hybridized carbons (Fsp3) is 0.400. The lowest BCUT2D eigenvalue weighted by Gasteiger charge is -2.15. The molecule has 0 aliphatic rings. The van der Waals surface area contributed by atoms with Gasteiger partial charge in [0, 0.05) is 11.5 Å². The average Bonchev–Trinajstić information content (AvgIpc) is 2.64. The number of aromatic nitrogens is 2. The minimum absolute atomic E-state index is 0.412. The summed E-state index contributed by atoms with van der Waals surface area (Å²) in [5, 5.41) is 4.44. The van der Waals surface area contributed by atoms with Crippen molar-refractivity contribution in [3.63, 3.8) is 0 Å². The Morgan fingerprint density at radius 3 is 2.60 bits per heavy atom. The molecular weight excluding hydrogens is 382 g/mol. The number of rotatable bonds is 5. The summed E-state index contributed by atoms with van der Waals surface area (Å²) in [6, 6.07) is 8.42. The molecule has 0 fully saturated rings. The lowest BCUT2D eigenvalue weighted by Crippen LogP contribution is -2.20. The van der Waals surface area contributed by atoms with Gasteiger partial charge in [0.1, 0.15) is 0 Å². The number of benzene rings is 1. The Morgan fingerprint density at radius 1 is 1.30 bits per heavy atom. The van der Waals surface area contributed by atoms with E-state index in [1.54, 1.807) is 0 Å². The third-order valence-corrected chi connectivity index (χ3v) is 5.02. The van der Waals surface area contributed by atoms with E-state index in [0.29, 0.717) is 12.5 Å². The maximum atomic E-state index is 5.96. The molecule has 2 rings (SSSR count). The molecule has 0 saturated carbocycles. The van der Waals surface area contributed by atoms with Crippen LogP contribution in [0.2, 0.25) is 0 Å². The van der Waals surface area contributed by atoms with Gasteiger partial charge in [-0.2, -0.15) is 5.10 Å². The smallest absolute Gasteiger partial charge is 0.0738 e. The molecule has 1 aromatic carbocycles. The number of nitrogens with zero attached hydrogens (tertiary/aromatic N) is 2. The standard InChI is InChI=1S/C15H19Br2N3/c1-10-15(17)14(20(2)19-10)8-12(9-18)6-11-4-3-5-13(16)7-11/h3-5,7,12H,6,8-9,18H2,1-2H3. The van der Waals surface area contributed by atoms with Gasteiger partial charge >= 0.3 is 0 Å². The topological polar surface area (TPSA) is 43.8 Å². The van der Waals surface area contributed by atoms with Crippen LogP contribution >= 0.6 is 31.9 Å². The van der Waals surface area contributed by atoms with Crippen molar-refractivity contribution in [2.45, 2.75) is 19.8 Å². The molecule has 0 aliphatic heterocycles. The maximum absolute atomic E-state index is 5.96. The summed E-state index contributed by atoms with van der Waals surface area (Å²) in [6.45, 7) is 2.68. The van der Waals surface area contributed by atoms with Crippen LogP contribution in [0.15, 0.2) is 33.2 Å². The van der Waals surface area contributed by atoms with Crippen molar-refractivity contribution in [3.05, 3.63) is 50.2 Å². The van der Waals surface area contributed by atoms with Gasteiger partial charge in [-0.3, -0.25) is 4.68 Å². The van der Waals surface area contributed by atoms with E-state index in [0.717, 1.165) is 27.5 Å². The lowest BCUT2D eigenvalue weighted by atomic mass is 9.95. The van der Waals surface area contributed by atoms with Crippen molar-refractivity contribution in [1.82, 2.24) is 9.78 Å². The first-order valence-corrected chi connectivity index (χ1v) is 8.22. The fourth-order valence-electron chi connectivity index (χ4n) is 2.41. The first-order chi connectivity index (χ1) is 9.51. The maximum Gasteiger partial charge on any atom is 0.0738 e. The molecule has 0 bridgehead atoms. The number of hydrogen-bond donors (Lipinski definition) is 1. The molecule has 2 aromatic rings. The van der Waals surface area contributed by atoms with Crippen LogP contribution < -0.4 is 5.73 Å². The van der Waals surface area contributed by atoms with Crippen molar-refractivity contribution in [3.8, 4) is 0 Å². The zero-order chi connectivity index (χ0) is 14.7. The highest BCUT2D eigenvalue weighted by Crippen LogP contribution is 2.24. The Morgan fingerprint density at radius 2 is 2.05 bits per heavy atom. The van der Waals surface area contributed by atoms with Crippen molar-refractivity contribution in [1.29, 1.82) is 0 Å². The Bertz CT molecular complexity index is 593. The predicted octanol–water partition coefficient (Wildman–Crippen LogP) is 3.61. The van der Waals surface area contributed by atoms with Crippen LogP contribution in [-0.2, 0) is 19.9 Å². The average molecular weight is 401 g/mol. The van der Waals surface area contributed by atoms with Gasteiger partial charge in [0.05, 0.1) is 15.9 Å². The summed E-state index contributed by atoms with van der Waals surface area (Å²) in [5.41, 5.74) is 9.51. The molecule has 0 amide bonds. The van der Waals surface area contributed by atoms with Crippen LogP contribution in [0.3, 0.4) is 0 Å². The molecule has 1 aromatic heterocycles. The molecule has 0 saturated heterocycles. The van der Waals surface area contributed by atoms with Gasteiger partial charge in [-0.1, -0.05) is 28.1 Å². The molecule has 5 heteroatoms. The van der Waals surface area contributed by atoms with Gasteiger partial charge in [0.15, 0.2) is 0 Å². The van der Waals surface area contributed by atoms with E-state index in [2.05, 4.69) is 55.2 Å². The first kappa shape index (κ1) is 15.7. The summed E-state index contributed by atoms with van der Waals surface area (Å²) < 4.78 is 4.17. The molecule has 0 radical (unpaired) electrons. The molecule has 0 spiro atoms.